The van der Waals surface area contributed by atoms with E-state index < -0.39 is 0 Å². The molecular weight excluding hydrogens is 292 g/mol. The molecule has 0 saturated carbocycles. The Morgan fingerprint density at radius 1 is 1.22 bits per heavy atom. The molecule has 0 fully saturated rings. The lowest BCUT2D eigenvalue weighted by atomic mass is 9.88. The Morgan fingerprint density at radius 3 is 2.74 bits per heavy atom. The summed E-state index contributed by atoms with van der Waals surface area (Å²) in [5.74, 6) is 0.323. The molecule has 1 aliphatic heterocycles. The Morgan fingerprint density at radius 2 is 1.96 bits per heavy atom. The minimum atomic E-state index is -0.246. The summed E-state index contributed by atoms with van der Waals surface area (Å²) in [5.41, 5.74) is 0.249. The van der Waals surface area contributed by atoms with Crippen molar-refractivity contribution in [2.24, 2.45) is 5.41 Å². The summed E-state index contributed by atoms with van der Waals surface area (Å²) in [6, 6.07) is 6.99. The van der Waals surface area contributed by atoms with E-state index in [2.05, 4.69) is 10.6 Å². The van der Waals surface area contributed by atoms with E-state index in [0.717, 1.165) is 0 Å². The largest absolute Gasteiger partial charge is 0.489 e. The number of fused-ring (bicyclic) bond motifs is 1. The average molecular weight is 316 g/mol. The molecule has 1 aromatic carbocycles. The summed E-state index contributed by atoms with van der Waals surface area (Å²) in [7, 11) is 0. The summed E-state index contributed by atoms with van der Waals surface area (Å²) in [6.45, 7) is 6.62. The lowest BCUT2D eigenvalue weighted by molar-refractivity contribution is -0.122. The van der Waals surface area contributed by atoms with E-state index in [1.807, 2.05) is 39.0 Å². The zero-order valence-corrected chi connectivity index (χ0v) is 13.9. The van der Waals surface area contributed by atoms with Gasteiger partial charge in [0.1, 0.15) is 12.4 Å². The number of carbonyl (C=O) groups excluding carboxylic acids is 2. The van der Waals surface area contributed by atoms with E-state index >= 15 is 0 Å². The number of allylic oxidation sites excluding steroid dienone is 1. The molecule has 1 atom stereocenters. The van der Waals surface area contributed by atoms with Crippen LogP contribution in [0.1, 0.15) is 37.6 Å². The van der Waals surface area contributed by atoms with Gasteiger partial charge in [-0.15, -0.1) is 0 Å². The van der Waals surface area contributed by atoms with Gasteiger partial charge in [0.2, 0.25) is 5.91 Å². The van der Waals surface area contributed by atoms with Crippen molar-refractivity contribution in [1.82, 2.24) is 10.6 Å². The van der Waals surface area contributed by atoms with Crippen LogP contribution in [-0.2, 0) is 4.79 Å². The monoisotopic (exact) mass is 316 g/mol. The van der Waals surface area contributed by atoms with Gasteiger partial charge in [0.25, 0.3) is 5.91 Å². The quantitative estimate of drug-likeness (QED) is 0.722. The van der Waals surface area contributed by atoms with Gasteiger partial charge in [0.05, 0.1) is 5.56 Å². The van der Waals surface area contributed by atoms with E-state index in [4.69, 9.17) is 4.74 Å². The van der Waals surface area contributed by atoms with Crippen LogP contribution in [0, 0.1) is 5.41 Å². The highest BCUT2D eigenvalue weighted by Crippen LogP contribution is 2.23. The molecule has 2 N–H and O–H groups in total. The molecule has 1 aliphatic rings. The second-order valence-corrected chi connectivity index (χ2v) is 6.55. The van der Waals surface area contributed by atoms with E-state index in [-0.39, 0.29) is 23.3 Å². The summed E-state index contributed by atoms with van der Waals surface area (Å²) in [4.78, 5) is 24.4. The highest BCUT2D eigenvalue weighted by molar-refractivity contribution is 5.97. The third-order valence-corrected chi connectivity index (χ3v) is 3.63. The smallest absolute Gasteiger partial charge is 0.255 e. The normalized spacial score (nSPS) is 23.5. The molecule has 23 heavy (non-hydrogen) atoms. The Bertz CT molecular complexity index is 608. The van der Waals surface area contributed by atoms with Crippen molar-refractivity contribution in [3.63, 3.8) is 0 Å². The standard InChI is InChI=1S/C18H24N2O3/c1-13-12-19-16(21)11-18(2,3)9-6-10-23-15-8-5-4-7-14(15)17(22)20-13/h4-9,13H,10-12H2,1-3H3,(H,19,21)(H,20,22)/b9-6-/t13-/m0/s1. The molecule has 5 nitrogen and oxygen atoms in total. The number of nitrogens with one attached hydrogen (secondary N) is 2. The molecule has 2 rings (SSSR count). The number of para-hydroxylation sites is 1. The summed E-state index contributed by atoms with van der Waals surface area (Å²) >= 11 is 0. The molecule has 1 aromatic rings. The molecule has 0 spiro atoms. The zero-order chi connectivity index (χ0) is 16.9. The average Bonchev–Trinajstić information content (AvgIpc) is 2.49. The molecule has 2 amide bonds. The minimum absolute atomic E-state index is 0.0286. The van der Waals surface area contributed by atoms with Gasteiger partial charge in [-0.2, -0.15) is 0 Å². The molecule has 124 valence electrons. The van der Waals surface area contributed by atoms with Gasteiger partial charge in [-0.25, -0.2) is 0 Å². The SMILES string of the molecule is C[C@H]1CNC(=O)CC(C)(C)/C=C\COc2ccccc2C(=O)N1. The van der Waals surface area contributed by atoms with E-state index in [1.165, 1.54) is 0 Å². The van der Waals surface area contributed by atoms with Crippen LogP contribution in [0.25, 0.3) is 0 Å². The molecule has 0 radical (unpaired) electrons. The topological polar surface area (TPSA) is 67.4 Å². The Kier molecular flexibility index (Phi) is 5.42. The first-order chi connectivity index (χ1) is 10.9. The van der Waals surface area contributed by atoms with Crippen LogP contribution < -0.4 is 15.4 Å². The van der Waals surface area contributed by atoms with E-state index in [0.29, 0.717) is 30.9 Å². The van der Waals surface area contributed by atoms with E-state index in [9.17, 15) is 9.59 Å². The second-order valence-electron chi connectivity index (χ2n) is 6.55. The van der Waals surface area contributed by atoms with Crippen molar-refractivity contribution >= 4 is 11.8 Å². The molecule has 0 unspecified atom stereocenters. The summed E-state index contributed by atoms with van der Waals surface area (Å²) < 4.78 is 5.71. The lowest BCUT2D eigenvalue weighted by Gasteiger charge is -2.22. The van der Waals surface area contributed by atoms with Crippen molar-refractivity contribution in [1.29, 1.82) is 0 Å². The summed E-state index contributed by atoms with van der Waals surface area (Å²) in [6.07, 6.45) is 4.25. The van der Waals surface area contributed by atoms with Gasteiger partial charge in [-0.1, -0.05) is 38.1 Å². The third kappa shape index (κ3) is 5.13. The Balaban J connectivity index is 2.24. The first-order valence-electron chi connectivity index (χ1n) is 7.84. The van der Waals surface area contributed by atoms with E-state index in [1.54, 1.807) is 18.2 Å². The van der Waals surface area contributed by atoms with Gasteiger partial charge in [-0.3, -0.25) is 9.59 Å². The Hall–Kier alpha value is -2.30. The molecule has 0 aliphatic carbocycles. The maximum atomic E-state index is 12.3. The van der Waals surface area contributed by atoms with Crippen LogP contribution in [0.5, 0.6) is 5.75 Å². The van der Waals surface area contributed by atoms with Crippen molar-refractivity contribution in [3.05, 3.63) is 42.0 Å². The first kappa shape index (κ1) is 17.1. The molecule has 1 heterocycles. The van der Waals surface area contributed by atoms with Crippen LogP contribution >= 0.6 is 0 Å². The van der Waals surface area contributed by atoms with Crippen molar-refractivity contribution < 1.29 is 14.3 Å². The number of ether oxygens (including phenoxy) is 1. The Labute approximate surface area is 137 Å². The maximum absolute atomic E-state index is 12.3. The fraction of sp³-hybridized carbons (Fsp3) is 0.444. The van der Waals surface area contributed by atoms with Crippen LogP contribution in [-0.4, -0.2) is 31.0 Å². The zero-order valence-electron chi connectivity index (χ0n) is 13.9. The van der Waals surface area contributed by atoms with Crippen molar-refractivity contribution in [2.75, 3.05) is 13.2 Å². The lowest BCUT2D eigenvalue weighted by Crippen LogP contribution is -2.42. The maximum Gasteiger partial charge on any atom is 0.255 e. The fourth-order valence-corrected chi connectivity index (χ4v) is 2.44. The van der Waals surface area contributed by atoms with Crippen LogP contribution in [0.3, 0.4) is 0 Å². The van der Waals surface area contributed by atoms with Gasteiger partial charge in [0.15, 0.2) is 0 Å². The number of amides is 2. The third-order valence-electron chi connectivity index (χ3n) is 3.63. The molecule has 0 saturated heterocycles. The number of benzene rings is 1. The summed E-state index contributed by atoms with van der Waals surface area (Å²) in [5, 5.41) is 5.75. The van der Waals surface area contributed by atoms with Gasteiger partial charge < -0.3 is 15.4 Å². The predicted octanol–water partition coefficient (Wildman–Crippen LogP) is 2.29. The molecule has 5 heteroatoms. The number of rotatable bonds is 0. The van der Waals surface area contributed by atoms with Crippen LogP contribution in [0.15, 0.2) is 36.4 Å². The van der Waals surface area contributed by atoms with Gasteiger partial charge in [0, 0.05) is 19.0 Å². The first-order valence-corrected chi connectivity index (χ1v) is 7.84. The van der Waals surface area contributed by atoms with Gasteiger partial charge in [-0.05, 0) is 24.5 Å². The van der Waals surface area contributed by atoms with Crippen LogP contribution in [0.2, 0.25) is 0 Å². The number of carbonyl (C=O) groups is 2. The number of hydrogen-bond donors (Lipinski definition) is 2. The van der Waals surface area contributed by atoms with Crippen molar-refractivity contribution in [2.45, 2.75) is 33.2 Å². The second kappa shape index (κ2) is 7.31. The molecule has 0 aromatic heterocycles. The molecule has 0 bridgehead atoms. The van der Waals surface area contributed by atoms with Gasteiger partial charge >= 0.3 is 0 Å². The van der Waals surface area contributed by atoms with Crippen LogP contribution in [0.4, 0.5) is 0 Å². The molecular formula is C18H24N2O3. The highest BCUT2D eigenvalue weighted by Gasteiger charge is 2.20. The highest BCUT2D eigenvalue weighted by atomic mass is 16.5. The number of hydrogen-bond acceptors (Lipinski definition) is 3. The fourth-order valence-electron chi connectivity index (χ4n) is 2.44. The minimum Gasteiger partial charge on any atom is -0.489 e. The predicted molar refractivity (Wildman–Crippen MR) is 89.4 cm³/mol. The van der Waals surface area contributed by atoms with Crippen molar-refractivity contribution in [3.8, 4) is 5.75 Å².